The maximum atomic E-state index is 3.56. The second-order valence-electron chi connectivity index (χ2n) is 4.64. The van der Waals surface area contributed by atoms with E-state index in [4.69, 9.17) is 0 Å². The van der Waals surface area contributed by atoms with Crippen molar-refractivity contribution in [3.05, 3.63) is 28.2 Å². The molecule has 1 aliphatic rings. The molecular weight excluding hydrogens is 264 g/mol. The summed E-state index contributed by atoms with van der Waals surface area (Å²) in [5, 5.41) is 3.24. The Labute approximate surface area is 106 Å². The summed E-state index contributed by atoms with van der Waals surface area (Å²) in [6.07, 6.45) is 1.31. The van der Waals surface area contributed by atoms with Gasteiger partial charge in [0.15, 0.2) is 0 Å². The van der Waals surface area contributed by atoms with Gasteiger partial charge < -0.3 is 10.2 Å². The first-order valence-corrected chi connectivity index (χ1v) is 6.68. The Hall–Kier alpha value is -0.540. The van der Waals surface area contributed by atoms with Crippen molar-refractivity contribution in [2.45, 2.75) is 19.9 Å². The van der Waals surface area contributed by atoms with Crippen LogP contribution in [0.15, 0.2) is 22.7 Å². The van der Waals surface area contributed by atoms with Crippen molar-refractivity contribution in [1.82, 2.24) is 5.32 Å². The van der Waals surface area contributed by atoms with Gasteiger partial charge in [-0.05, 0) is 37.1 Å². The number of anilines is 1. The van der Waals surface area contributed by atoms with Crippen molar-refractivity contribution >= 4 is 21.6 Å². The van der Waals surface area contributed by atoms with Crippen molar-refractivity contribution in [1.29, 1.82) is 0 Å². The Morgan fingerprint density at radius 1 is 1.50 bits per heavy atom. The zero-order valence-corrected chi connectivity index (χ0v) is 11.5. The molecule has 0 spiro atoms. The normalized spacial score (nSPS) is 20.4. The predicted octanol–water partition coefficient (Wildman–Crippen LogP) is 3.01. The number of halogens is 1. The molecule has 1 N–H and O–H groups in total. The Morgan fingerprint density at radius 3 is 2.94 bits per heavy atom. The van der Waals surface area contributed by atoms with Crippen LogP contribution in [0.1, 0.15) is 18.9 Å². The highest BCUT2D eigenvalue weighted by molar-refractivity contribution is 9.10. The lowest BCUT2D eigenvalue weighted by atomic mass is 10.1. The lowest BCUT2D eigenvalue weighted by Gasteiger charge is -2.22. The lowest BCUT2D eigenvalue weighted by molar-refractivity contribution is 0.659. The molecule has 2 rings (SSSR count). The first kappa shape index (κ1) is 11.9. The highest BCUT2D eigenvalue weighted by Crippen LogP contribution is 2.29. The standard InChI is InChI=1S/C13H19BrN2/c1-10-5-6-16(9-10)13-7-12(14)4-3-11(13)8-15-2/h3-4,7,10,15H,5-6,8-9H2,1-2H3. The number of hydrogen-bond acceptors (Lipinski definition) is 2. The fraction of sp³-hybridized carbons (Fsp3) is 0.538. The Bertz CT molecular complexity index is 365. The Balaban J connectivity index is 2.26. The third-order valence-corrected chi connectivity index (χ3v) is 3.67. The topological polar surface area (TPSA) is 15.3 Å². The number of hydrogen-bond donors (Lipinski definition) is 1. The van der Waals surface area contributed by atoms with Crippen LogP contribution in [0.3, 0.4) is 0 Å². The number of rotatable bonds is 3. The first-order valence-electron chi connectivity index (χ1n) is 5.88. The summed E-state index contributed by atoms with van der Waals surface area (Å²) in [5.74, 6) is 0.821. The molecule has 88 valence electrons. The maximum absolute atomic E-state index is 3.56. The quantitative estimate of drug-likeness (QED) is 0.917. The fourth-order valence-corrected chi connectivity index (χ4v) is 2.67. The second kappa shape index (κ2) is 5.19. The van der Waals surface area contributed by atoms with Gasteiger partial charge in [-0.15, -0.1) is 0 Å². The summed E-state index contributed by atoms with van der Waals surface area (Å²) < 4.78 is 1.17. The van der Waals surface area contributed by atoms with Crippen LogP contribution in [0, 0.1) is 5.92 Å². The third-order valence-electron chi connectivity index (χ3n) is 3.18. The molecule has 1 fully saturated rings. The molecular formula is C13H19BrN2. The molecule has 16 heavy (non-hydrogen) atoms. The van der Waals surface area contributed by atoms with E-state index in [1.165, 1.54) is 35.2 Å². The van der Waals surface area contributed by atoms with Gasteiger partial charge >= 0.3 is 0 Å². The van der Waals surface area contributed by atoms with Crippen LogP contribution in [0.4, 0.5) is 5.69 Å². The van der Waals surface area contributed by atoms with E-state index in [1.54, 1.807) is 0 Å². The van der Waals surface area contributed by atoms with E-state index in [2.05, 4.69) is 51.3 Å². The molecule has 0 radical (unpaired) electrons. The first-order chi connectivity index (χ1) is 7.70. The molecule has 1 aromatic carbocycles. The molecule has 2 nitrogen and oxygen atoms in total. The molecule has 0 saturated carbocycles. The zero-order chi connectivity index (χ0) is 11.5. The van der Waals surface area contributed by atoms with Crippen LogP contribution >= 0.6 is 15.9 Å². The van der Waals surface area contributed by atoms with Gasteiger partial charge in [-0.25, -0.2) is 0 Å². The summed E-state index contributed by atoms with van der Waals surface area (Å²) in [7, 11) is 2.00. The van der Waals surface area contributed by atoms with Crippen LogP contribution in [-0.2, 0) is 6.54 Å². The van der Waals surface area contributed by atoms with E-state index >= 15 is 0 Å². The van der Waals surface area contributed by atoms with Gasteiger partial charge in [0.05, 0.1) is 0 Å². The molecule has 0 aromatic heterocycles. The minimum Gasteiger partial charge on any atom is -0.371 e. The molecule has 1 aliphatic heterocycles. The summed E-state index contributed by atoms with van der Waals surface area (Å²) in [6.45, 7) is 5.64. The van der Waals surface area contributed by atoms with Gasteiger partial charge in [-0.2, -0.15) is 0 Å². The van der Waals surface area contributed by atoms with Gasteiger partial charge in [0.25, 0.3) is 0 Å². The van der Waals surface area contributed by atoms with E-state index in [9.17, 15) is 0 Å². The lowest BCUT2D eigenvalue weighted by Crippen LogP contribution is -2.21. The fourth-order valence-electron chi connectivity index (χ4n) is 2.33. The highest BCUT2D eigenvalue weighted by Gasteiger charge is 2.20. The van der Waals surface area contributed by atoms with Crippen molar-refractivity contribution < 1.29 is 0 Å². The smallest absolute Gasteiger partial charge is 0.0423 e. The molecule has 1 atom stereocenters. The largest absolute Gasteiger partial charge is 0.371 e. The van der Waals surface area contributed by atoms with Crippen LogP contribution < -0.4 is 10.2 Å². The SMILES string of the molecule is CNCc1ccc(Br)cc1N1CCC(C)C1. The summed E-state index contributed by atoms with van der Waals surface area (Å²) in [5.41, 5.74) is 2.77. The van der Waals surface area contributed by atoms with E-state index in [0.717, 1.165) is 12.5 Å². The van der Waals surface area contributed by atoms with Crippen molar-refractivity contribution in [3.63, 3.8) is 0 Å². The van der Waals surface area contributed by atoms with Gasteiger partial charge in [0.1, 0.15) is 0 Å². The maximum Gasteiger partial charge on any atom is 0.0423 e. The van der Waals surface area contributed by atoms with Crippen molar-refractivity contribution in [3.8, 4) is 0 Å². The average molecular weight is 283 g/mol. The number of benzene rings is 1. The van der Waals surface area contributed by atoms with Crippen LogP contribution in [0.25, 0.3) is 0 Å². The second-order valence-corrected chi connectivity index (χ2v) is 5.56. The average Bonchev–Trinajstić information content (AvgIpc) is 2.68. The minimum atomic E-state index is 0.821. The van der Waals surface area contributed by atoms with E-state index in [0.29, 0.717) is 0 Å². The van der Waals surface area contributed by atoms with E-state index < -0.39 is 0 Å². The number of nitrogens with zero attached hydrogens (tertiary/aromatic N) is 1. The molecule has 1 heterocycles. The van der Waals surface area contributed by atoms with Crippen LogP contribution in [-0.4, -0.2) is 20.1 Å². The van der Waals surface area contributed by atoms with Gasteiger partial charge in [-0.1, -0.05) is 28.9 Å². The molecule has 1 saturated heterocycles. The highest BCUT2D eigenvalue weighted by atomic mass is 79.9. The van der Waals surface area contributed by atoms with Crippen molar-refractivity contribution in [2.75, 3.05) is 25.0 Å². The van der Waals surface area contributed by atoms with Gasteiger partial charge in [0, 0.05) is 29.8 Å². The monoisotopic (exact) mass is 282 g/mol. The predicted molar refractivity (Wildman–Crippen MR) is 72.9 cm³/mol. The molecule has 1 aromatic rings. The van der Waals surface area contributed by atoms with Gasteiger partial charge in [-0.3, -0.25) is 0 Å². The molecule has 0 amide bonds. The third kappa shape index (κ3) is 2.58. The van der Waals surface area contributed by atoms with Gasteiger partial charge in [0.2, 0.25) is 0 Å². The molecule has 0 aliphatic carbocycles. The Kier molecular flexibility index (Phi) is 3.87. The zero-order valence-electron chi connectivity index (χ0n) is 9.96. The van der Waals surface area contributed by atoms with Crippen molar-refractivity contribution in [2.24, 2.45) is 5.92 Å². The van der Waals surface area contributed by atoms with Crippen LogP contribution in [0.5, 0.6) is 0 Å². The molecule has 1 unspecified atom stereocenters. The summed E-state index contributed by atoms with van der Waals surface area (Å²) in [4.78, 5) is 2.50. The summed E-state index contributed by atoms with van der Waals surface area (Å²) >= 11 is 3.56. The molecule has 0 bridgehead atoms. The Morgan fingerprint density at radius 2 is 2.31 bits per heavy atom. The molecule has 3 heteroatoms. The summed E-state index contributed by atoms with van der Waals surface area (Å²) in [6, 6.07) is 6.57. The number of nitrogens with one attached hydrogen (secondary N) is 1. The van der Waals surface area contributed by atoms with Crippen LogP contribution in [0.2, 0.25) is 0 Å². The van der Waals surface area contributed by atoms with E-state index in [1.807, 2.05) is 7.05 Å². The minimum absolute atomic E-state index is 0.821. The van der Waals surface area contributed by atoms with E-state index in [-0.39, 0.29) is 0 Å².